The Kier molecular flexibility index (Phi) is 4.91. The van der Waals surface area contributed by atoms with Crippen LogP contribution in [0.3, 0.4) is 0 Å². The summed E-state index contributed by atoms with van der Waals surface area (Å²) in [6, 6.07) is 0. The molecular formula is C16H31NO2. The molecule has 2 rings (SSSR count). The van der Waals surface area contributed by atoms with Crippen LogP contribution < -0.4 is 5.73 Å². The van der Waals surface area contributed by atoms with Crippen molar-refractivity contribution in [1.82, 2.24) is 0 Å². The maximum atomic E-state index is 11.4. The van der Waals surface area contributed by atoms with Gasteiger partial charge in [-0.15, -0.1) is 0 Å². The molecule has 4 unspecified atom stereocenters. The third-order valence-corrected chi connectivity index (χ3v) is 5.92. The van der Waals surface area contributed by atoms with E-state index in [0.717, 1.165) is 38.0 Å². The Morgan fingerprint density at radius 3 is 2.63 bits per heavy atom. The number of rotatable bonds is 4. The second-order valence-corrected chi connectivity index (χ2v) is 6.75. The molecule has 19 heavy (non-hydrogen) atoms. The Morgan fingerprint density at radius 1 is 1.21 bits per heavy atom. The molecule has 3 N–H and O–H groups in total. The van der Waals surface area contributed by atoms with Crippen LogP contribution >= 0.6 is 0 Å². The lowest BCUT2D eigenvalue weighted by atomic mass is 9.55. The quantitative estimate of drug-likeness (QED) is 0.825. The van der Waals surface area contributed by atoms with Gasteiger partial charge in [0.15, 0.2) is 0 Å². The van der Waals surface area contributed by atoms with Gasteiger partial charge < -0.3 is 15.6 Å². The van der Waals surface area contributed by atoms with Crippen LogP contribution in [0, 0.1) is 11.3 Å². The van der Waals surface area contributed by atoms with Crippen molar-refractivity contribution in [2.75, 3.05) is 13.7 Å². The summed E-state index contributed by atoms with van der Waals surface area (Å²) in [5.74, 6) is 0.723. The summed E-state index contributed by atoms with van der Waals surface area (Å²) in [6.07, 6.45) is 9.93. The fourth-order valence-corrected chi connectivity index (χ4v) is 4.63. The monoisotopic (exact) mass is 269 g/mol. The number of hydrogen-bond donors (Lipinski definition) is 2. The van der Waals surface area contributed by atoms with Crippen LogP contribution in [0.2, 0.25) is 0 Å². The Balaban J connectivity index is 2.26. The minimum atomic E-state index is -0.706. The smallest absolute Gasteiger partial charge is 0.0975 e. The van der Waals surface area contributed by atoms with Crippen LogP contribution in [-0.4, -0.2) is 30.5 Å². The van der Waals surface area contributed by atoms with Gasteiger partial charge in [-0.05, 0) is 31.6 Å². The molecule has 2 aliphatic rings. The first-order valence-corrected chi connectivity index (χ1v) is 8.07. The van der Waals surface area contributed by atoms with Gasteiger partial charge in [0.25, 0.3) is 0 Å². The van der Waals surface area contributed by atoms with E-state index in [9.17, 15) is 5.11 Å². The molecule has 0 amide bonds. The van der Waals surface area contributed by atoms with Crippen LogP contribution in [0.25, 0.3) is 0 Å². The standard InChI is InChI=1S/C16H31NO2/c1-3-13-7-6-9-15(11-13,12-17)16(18)10-5-4-8-14(16)19-2/h13-14,18H,3-12,17H2,1-2H3. The Labute approximate surface area is 117 Å². The zero-order chi connectivity index (χ0) is 13.9. The van der Waals surface area contributed by atoms with Crippen molar-refractivity contribution < 1.29 is 9.84 Å². The molecule has 0 aliphatic heterocycles. The van der Waals surface area contributed by atoms with Gasteiger partial charge in [0, 0.05) is 19.1 Å². The number of nitrogens with two attached hydrogens (primary N) is 1. The van der Waals surface area contributed by atoms with E-state index in [1.165, 1.54) is 25.7 Å². The fourth-order valence-electron chi connectivity index (χ4n) is 4.63. The van der Waals surface area contributed by atoms with Crippen molar-refractivity contribution in [3.8, 4) is 0 Å². The lowest BCUT2D eigenvalue weighted by molar-refractivity contribution is -0.199. The molecule has 4 atom stereocenters. The fraction of sp³-hybridized carbons (Fsp3) is 1.00. The largest absolute Gasteiger partial charge is 0.387 e. The van der Waals surface area contributed by atoms with E-state index in [4.69, 9.17) is 10.5 Å². The molecule has 0 bridgehead atoms. The van der Waals surface area contributed by atoms with Crippen LogP contribution in [0.15, 0.2) is 0 Å². The predicted molar refractivity (Wildman–Crippen MR) is 78.0 cm³/mol. The molecule has 0 radical (unpaired) electrons. The number of aliphatic hydroxyl groups is 1. The van der Waals surface area contributed by atoms with Gasteiger partial charge in [0.1, 0.15) is 0 Å². The molecule has 3 nitrogen and oxygen atoms in total. The molecule has 2 aliphatic carbocycles. The highest BCUT2D eigenvalue weighted by Gasteiger charge is 2.56. The maximum absolute atomic E-state index is 11.4. The van der Waals surface area contributed by atoms with Crippen LogP contribution in [0.1, 0.15) is 64.7 Å². The lowest BCUT2D eigenvalue weighted by Crippen LogP contribution is -2.62. The third-order valence-electron chi connectivity index (χ3n) is 5.92. The van der Waals surface area contributed by atoms with Crippen LogP contribution in [-0.2, 0) is 4.74 Å². The lowest BCUT2D eigenvalue weighted by Gasteiger charge is -2.55. The molecule has 3 heteroatoms. The molecule has 0 spiro atoms. The molecule has 0 aromatic heterocycles. The molecule has 2 saturated carbocycles. The minimum Gasteiger partial charge on any atom is -0.387 e. The summed E-state index contributed by atoms with van der Waals surface area (Å²) in [4.78, 5) is 0. The highest BCUT2D eigenvalue weighted by molar-refractivity contribution is 5.07. The van der Waals surface area contributed by atoms with Crippen molar-refractivity contribution in [2.24, 2.45) is 17.1 Å². The number of methoxy groups -OCH3 is 1. The second kappa shape index (κ2) is 6.11. The van der Waals surface area contributed by atoms with Gasteiger partial charge in [0.2, 0.25) is 0 Å². The topological polar surface area (TPSA) is 55.5 Å². The second-order valence-electron chi connectivity index (χ2n) is 6.75. The van der Waals surface area contributed by atoms with Crippen molar-refractivity contribution in [2.45, 2.75) is 76.4 Å². The van der Waals surface area contributed by atoms with Crippen LogP contribution in [0.5, 0.6) is 0 Å². The SMILES string of the molecule is CCC1CCCC(CN)(C2(O)CCCCC2OC)C1. The van der Waals surface area contributed by atoms with E-state index >= 15 is 0 Å². The van der Waals surface area contributed by atoms with Crippen molar-refractivity contribution >= 4 is 0 Å². The van der Waals surface area contributed by atoms with Crippen molar-refractivity contribution in [3.63, 3.8) is 0 Å². The molecule has 2 fully saturated rings. The zero-order valence-corrected chi connectivity index (χ0v) is 12.7. The molecular weight excluding hydrogens is 238 g/mol. The first-order valence-electron chi connectivity index (χ1n) is 8.07. The maximum Gasteiger partial charge on any atom is 0.0975 e. The molecule has 0 heterocycles. The summed E-state index contributed by atoms with van der Waals surface area (Å²) >= 11 is 0. The molecule has 0 saturated heterocycles. The predicted octanol–water partition coefficient (Wildman–Crippen LogP) is 2.85. The summed E-state index contributed by atoms with van der Waals surface area (Å²) < 4.78 is 5.65. The van der Waals surface area contributed by atoms with E-state index < -0.39 is 5.60 Å². The van der Waals surface area contributed by atoms with Gasteiger partial charge >= 0.3 is 0 Å². The first-order chi connectivity index (χ1) is 9.12. The minimum absolute atomic E-state index is 0.0274. The van der Waals surface area contributed by atoms with Gasteiger partial charge in [-0.3, -0.25) is 0 Å². The molecule has 112 valence electrons. The highest BCUT2D eigenvalue weighted by Crippen LogP contribution is 2.52. The van der Waals surface area contributed by atoms with E-state index in [-0.39, 0.29) is 11.5 Å². The third kappa shape index (κ3) is 2.57. The zero-order valence-electron chi connectivity index (χ0n) is 12.7. The van der Waals surface area contributed by atoms with Crippen LogP contribution in [0.4, 0.5) is 0 Å². The summed E-state index contributed by atoms with van der Waals surface area (Å²) in [7, 11) is 1.74. The van der Waals surface area contributed by atoms with E-state index in [2.05, 4.69) is 6.92 Å². The van der Waals surface area contributed by atoms with Crippen molar-refractivity contribution in [3.05, 3.63) is 0 Å². The average molecular weight is 269 g/mol. The van der Waals surface area contributed by atoms with Gasteiger partial charge in [-0.2, -0.15) is 0 Å². The van der Waals surface area contributed by atoms with Gasteiger partial charge in [-0.1, -0.05) is 39.0 Å². The summed E-state index contributed by atoms with van der Waals surface area (Å²) in [5.41, 5.74) is 5.35. The van der Waals surface area contributed by atoms with Crippen molar-refractivity contribution in [1.29, 1.82) is 0 Å². The Bertz CT molecular complexity index is 296. The van der Waals surface area contributed by atoms with E-state index in [0.29, 0.717) is 6.54 Å². The summed E-state index contributed by atoms with van der Waals surface area (Å²) in [6.45, 7) is 2.86. The van der Waals surface area contributed by atoms with Gasteiger partial charge in [-0.25, -0.2) is 0 Å². The Hall–Kier alpha value is -0.120. The number of ether oxygens (including phenoxy) is 1. The Morgan fingerprint density at radius 2 is 2.00 bits per heavy atom. The highest BCUT2D eigenvalue weighted by atomic mass is 16.5. The normalized spacial score (nSPS) is 44.2. The molecule has 0 aromatic rings. The number of hydrogen-bond acceptors (Lipinski definition) is 3. The summed E-state index contributed by atoms with van der Waals surface area (Å²) in [5, 5.41) is 11.4. The molecule has 0 aromatic carbocycles. The van der Waals surface area contributed by atoms with E-state index in [1.54, 1.807) is 7.11 Å². The van der Waals surface area contributed by atoms with Gasteiger partial charge in [0.05, 0.1) is 11.7 Å². The van der Waals surface area contributed by atoms with E-state index in [1.807, 2.05) is 0 Å². The average Bonchev–Trinajstić information content (AvgIpc) is 2.47. The first kappa shape index (κ1) is 15.3.